The van der Waals surface area contributed by atoms with Gasteiger partial charge in [0.15, 0.2) is 0 Å². The van der Waals surface area contributed by atoms with E-state index in [0.717, 1.165) is 38.8 Å². The summed E-state index contributed by atoms with van der Waals surface area (Å²) in [5.74, 6) is 0.836. The van der Waals surface area contributed by atoms with Crippen LogP contribution in [-0.4, -0.2) is 36.0 Å². The molecule has 1 saturated carbocycles. The number of nitrogens with one attached hydrogen (secondary N) is 4. The summed E-state index contributed by atoms with van der Waals surface area (Å²) in [6, 6.07) is 0. The normalized spacial score (nSPS) is 40.9. The predicted octanol–water partition coefficient (Wildman–Crippen LogP) is 1.35. The smallest absolute Gasteiger partial charge is 0.226 e. The van der Waals surface area contributed by atoms with Gasteiger partial charge >= 0.3 is 0 Å². The Kier molecular flexibility index (Phi) is 5.67. The van der Waals surface area contributed by atoms with Crippen molar-refractivity contribution in [2.45, 2.75) is 55.6 Å². The highest BCUT2D eigenvalue weighted by Gasteiger charge is 2.34. The first-order chi connectivity index (χ1) is 10.2. The van der Waals surface area contributed by atoms with E-state index in [4.69, 9.17) is 11.6 Å². The van der Waals surface area contributed by atoms with Crippen LogP contribution in [0.25, 0.3) is 0 Å². The van der Waals surface area contributed by atoms with E-state index in [-0.39, 0.29) is 23.5 Å². The molecule has 0 spiro atoms. The minimum atomic E-state index is -0.0277. The fraction of sp³-hybridized carbons (Fsp3) is 0.929. The fourth-order valence-electron chi connectivity index (χ4n) is 3.47. The second kappa shape index (κ2) is 7.51. The fourth-order valence-corrected chi connectivity index (χ4v) is 4.78. The molecule has 2 saturated heterocycles. The maximum atomic E-state index is 12.2. The second-order valence-corrected chi connectivity index (χ2v) is 7.90. The molecule has 3 rings (SSSR count). The summed E-state index contributed by atoms with van der Waals surface area (Å²) >= 11 is 7.85. The SMILES string of the molecule is O=C(NC1NC(C2CCCC(Cl)C2)NS1)C1CCCNC1. The van der Waals surface area contributed by atoms with Gasteiger partial charge in [-0.05, 0) is 56.5 Å². The molecule has 120 valence electrons. The number of hydrogen-bond acceptors (Lipinski definition) is 5. The van der Waals surface area contributed by atoms with Crippen molar-refractivity contribution in [3.8, 4) is 0 Å². The van der Waals surface area contributed by atoms with Crippen LogP contribution in [0, 0.1) is 11.8 Å². The van der Waals surface area contributed by atoms with Gasteiger partial charge in [0.2, 0.25) is 5.91 Å². The Hall–Kier alpha value is -0.0100. The van der Waals surface area contributed by atoms with Gasteiger partial charge in [-0.15, -0.1) is 11.6 Å². The summed E-state index contributed by atoms with van der Waals surface area (Å²) in [5.41, 5.74) is -0.0277. The van der Waals surface area contributed by atoms with Gasteiger partial charge in [0.05, 0.1) is 12.1 Å². The van der Waals surface area contributed by atoms with Gasteiger partial charge in [-0.25, -0.2) is 4.72 Å². The number of alkyl halides is 1. The molecule has 2 aliphatic heterocycles. The Balaban J connectivity index is 1.44. The van der Waals surface area contributed by atoms with E-state index in [0.29, 0.717) is 11.3 Å². The van der Waals surface area contributed by atoms with Gasteiger partial charge in [-0.2, -0.15) is 0 Å². The maximum absolute atomic E-state index is 12.2. The van der Waals surface area contributed by atoms with Gasteiger partial charge in [0, 0.05) is 11.9 Å². The van der Waals surface area contributed by atoms with Crippen LogP contribution < -0.4 is 20.7 Å². The summed E-state index contributed by atoms with van der Waals surface area (Å²) in [7, 11) is 0. The molecular weight excluding hydrogens is 308 g/mol. The summed E-state index contributed by atoms with van der Waals surface area (Å²) in [6.07, 6.45) is 6.93. The van der Waals surface area contributed by atoms with Gasteiger partial charge < -0.3 is 10.6 Å². The van der Waals surface area contributed by atoms with E-state index in [1.807, 2.05) is 0 Å². The number of carbonyl (C=O) groups excluding carboxylic acids is 1. The molecule has 1 aliphatic carbocycles. The molecule has 0 aromatic carbocycles. The molecule has 7 heteroatoms. The van der Waals surface area contributed by atoms with Gasteiger partial charge in [0.1, 0.15) is 5.50 Å². The maximum Gasteiger partial charge on any atom is 0.226 e. The Bertz CT molecular complexity index is 367. The van der Waals surface area contributed by atoms with Crippen LogP contribution in [0.2, 0.25) is 0 Å². The summed E-state index contributed by atoms with van der Waals surface area (Å²) in [5, 5.41) is 10.2. The molecule has 4 N–H and O–H groups in total. The number of carbonyl (C=O) groups is 1. The zero-order valence-corrected chi connectivity index (χ0v) is 13.8. The topological polar surface area (TPSA) is 65.2 Å². The molecule has 0 aromatic heterocycles. The monoisotopic (exact) mass is 332 g/mol. The molecule has 0 aromatic rings. The lowest BCUT2D eigenvalue weighted by atomic mass is 9.87. The number of amides is 1. The lowest BCUT2D eigenvalue weighted by Crippen LogP contribution is -2.50. The van der Waals surface area contributed by atoms with Crippen LogP contribution in [0.3, 0.4) is 0 Å². The van der Waals surface area contributed by atoms with Crippen molar-refractivity contribution in [2.75, 3.05) is 13.1 Å². The van der Waals surface area contributed by atoms with E-state index < -0.39 is 0 Å². The predicted molar refractivity (Wildman–Crippen MR) is 86.8 cm³/mol. The lowest BCUT2D eigenvalue weighted by Gasteiger charge is -2.30. The number of halogens is 1. The first kappa shape index (κ1) is 15.9. The molecule has 0 bridgehead atoms. The first-order valence-electron chi connectivity index (χ1n) is 8.05. The molecule has 5 nitrogen and oxygen atoms in total. The minimum absolute atomic E-state index is 0.0277. The lowest BCUT2D eigenvalue weighted by molar-refractivity contribution is -0.125. The van der Waals surface area contributed by atoms with E-state index in [1.165, 1.54) is 12.8 Å². The quantitative estimate of drug-likeness (QED) is 0.464. The largest absolute Gasteiger partial charge is 0.330 e. The van der Waals surface area contributed by atoms with E-state index in [1.54, 1.807) is 11.9 Å². The van der Waals surface area contributed by atoms with Crippen molar-refractivity contribution < 1.29 is 4.79 Å². The van der Waals surface area contributed by atoms with Crippen LogP contribution in [0.15, 0.2) is 0 Å². The van der Waals surface area contributed by atoms with Crippen LogP contribution in [0.1, 0.15) is 38.5 Å². The Morgan fingerprint density at radius 3 is 2.90 bits per heavy atom. The Morgan fingerprint density at radius 1 is 1.24 bits per heavy atom. The molecule has 3 fully saturated rings. The number of rotatable bonds is 3. The van der Waals surface area contributed by atoms with Crippen molar-refractivity contribution in [3.63, 3.8) is 0 Å². The van der Waals surface area contributed by atoms with Gasteiger partial charge in [0.25, 0.3) is 0 Å². The molecule has 5 unspecified atom stereocenters. The third-order valence-corrected chi connectivity index (χ3v) is 5.98. The Labute approximate surface area is 135 Å². The zero-order chi connectivity index (χ0) is 14.7. The molecule has 0 radical (unpaired) electrons. The van der Waals surface area contributed by atoms with Crippen molar-refractivity contribution >= 4 is 29.5 Å². The van der Waals surface area contributed by atoms with E-state index in [9.17, 15) is 4.79 Å². The highest BCUT2D eigenvalue weighted by Crippen LogP contribution is 2.32. The van der Waals surface area contributed by atoms with Crippen molar-refractivity contribution in [1.29, 1.82) is 0 Å². The second-order valence-electron chi connectivity index (χ2n) is 6.34. The number of piperidine rings is 1. The van der Waals surface area contributed by atoms with E-state index in [2.05, 4.69) is 20.7 Å². The summed E-state index contributed by atoms with van der Waals surface area (Å²) in [4.78, 5) is 12.2. The van der Waals surface area contributed by atoms with Crippen LogP contribution in [-0.2, 0) is 4.79 Å². The minimum Gasteiger partial charge on any atom is -0.330 e. The standard InChI is InChI=1S/C14H25ClN4OS/c15-11-5-1-3-9(7-11)12-17-14(21-19-12)18-13(20)10-4-2-6-16-8-10/h9-12,14,16-17,19H,1-8H2,(H,18,20). The summed E-state index contributed by atoms with van der Waals surface area (Å²) < 4.78 is 3.42. The molecule has 3 aliphatic rings. The molecular formula is C14H25ClN4OS. The highest BCUT2D eigenvalue weighted by atomic mass is 35.5. The third kappa shape index (κ3) is 4.26. The van der Waals surface area contributed by atoms with Gasteiger partial charge in [-0.1, -0.05) is 6.42 Å². The van der Waals surface area contributed by atoms with Crippen molar-refractivity contribution in [1.82, 2.24) is 20.7 Å². The zero-order valence-electron chi connectivity index (χ0n) is 12.2. The Morgan fingerprint density at radius 2 is 2.14 bits per heavy atom. The molecule has 2 heterocycles. The average Bonchev–Trinajstić information content (AvgIpc) is 2.97. The molecule has 21 heavy (non-hydrogen) atoms. The van der Waals surface area contributed by atoms with Crippen LogP contribution in [0.4, 0.5) is 0 Å². The number of hydrogen-bond donors (Lipinski definition) is 4. The average molecular weight is 333 g/mol. The summed E-state index contributed by atoms with van der Waals surface area (Å²) in [6.45, 7) is 1.84. The molecule has 5 atom stereocenters. The van der Waals surface area contributed by atoms with Crippen LogP contribution in [0.5, 0.6) is 0 Å². The van der Waals surface area contributed by atoms with Crippen molar-refractivity contribution in [2.24, 2.45) is 11.8 Å². The van der Waals surface area contributed by atoms with Crippen LogP contribution >= 0.6 is 23.5 Å². The third-order valence-electron chi connectivity index (χ3n) is 4.71. The van der Waals surface area contributed by atoms with E-state index >= 15 is 0 Å². The first-order valence-corrected chi connectivity index (χ1v) is 9.36. The highest BCUT2D eigenvalue weighted by molar-refractivity contribution is 7.98. The van der Waals surface area contributed by atoms with Gasteiger partial charge in [-0.3, -0.25) is 10.1 Å². The van der Waals surface area contributed by atoms with Crippen molar-refractivity contribution in [3.05, 3.63) is 0 Å². The molecule has 1 amide bonds.